The summed E-state index contributed by atoms with van der Waals surface area (Å²) in [5.41, 5.74) is 0. The highest BCUT2D eigenvalue weighted by molar-refractivity contribution is 6.87. The highest BCUT2D eigenvalue weighted by Gasteiger charge is 2.42. The first kappa shape index (κ1) is 26.6. The molecule has 0 saturated heterocycles. The van der Waals surface area contributed by atoms with Gasteiger partial charge in [-0.1, -0.05) is 0 Å². The standard InChI is InChI=1S/C16H42O6Si4/c1-16(17)15-19-13-12-18-11-10-14-26(9,20-23(2)3)22-25(7,8)21-24(4,5)6/h16-17,23H,10-15H2,1-9H3. The van der Waals surface area contributed by atoms with Crippen molar-refractivity contribution in [3.63, 3.8) is 0 Å². The molecule has 0 fully saturated rings. The quantitative estimate of drug-likeness (QED) is 0.309. The summed E-state index contributed by atoms with van der Waals surface area (Å²) in [6.07, 6.45) is 0.486. The summed E-state index contributed by atoms with van der Waals surface area (Å²) in [5, 5.41) is 9.13. The average Bonchev–Trinajstić information content (AvgIpc) is 2.36. The molecule has 10 heteroatoms. The fraction of sp³-hybridized carbons (Fsp3) is 1.00. The van der Waals surface area contributed by atoms with Crippen LogP contribution in [0.4, 0.5) is 0 Å². The molecule has 0 amide bonds. The summed E-state index contributed by atoms with van der Waals surface area (Å²) in [7, 11) is -7.29. The van der Waals surface area contributed by atoms with Crippen LogP contribution in [-0.4, -0.2) is 72.1 Å². The largest absolute Gasteiger partial charge is 0.439 e. The molecule has 158 valence electrons. The first-order chi connectivity index (χ1) is 11.7. The van der Waals surface area contributed by atoms with Gasteiger partial charge < -0.3 is 26.9 Å². The summed E-state index contributed by atoms with van der Waals surface area (Å²) in [5.74, 6) is 0. The van der Waals surface area contributed by atoms with Crippen molar-refractivity contribution in [1.29, 1.82) is 0 Å². The average molecular weight is 443 g/mol. The number of ether oxygens (including phenoxy) is 2. The molecule has 0 rings (SSSR count). The van der Waals surface area contributed by atoms with Crippen molar-refractivity contribution in [2.24, 2.45) is 0 Å². The summed E-state index contributed by atoms with van der Waals surface area (Å²) in [6.45, 7) is 21.2. The van der Waals surface area contributed by atoms with Gasteiger partial charge in [0.1, 0.15) is 0 Å². The molecule has 6 nitrogen and oxygen atoms in total. The van der Waals surface area contributed by atoms with E-state index in [1.807, 2.05) is 0 Å². The fourth-order valence-electron chi connectivity index (χ4n) is 2.88. The Balaban J connectivity index is 4.37. The Kier molecular flexibility index (Phi) is 12.5. The normalized spacial score (nSPS) is 16.7. The molecule has 26 heavy (non-hydrogen) atoms. The Hall–Kier alpha value is 0.628. The van der Waals surface area contributed by atoms with Crippen molar-refractivity contribution in [3.05, 3.63) is 0 Å². The van der Waals surface area contributed by atoms with Gasteiger partial charge in [0.2, 0.25) is 0 Å². The van der Waals surface area contributed by atoms with Crippen LogP contribution < -0.4 is 0 Å². The summed E-state index contributed by atoms with van der Waals surface area (Å²) in [4.78, 5) is 0. The molecule has 0 bridgehead atoms. The van der Waals surface area contributed by atoms with E-state index in [1.165, 1.54) is 0 Å². The number of aliphatic hydroxyl groups is 1. The van der Waals surface area contributed by atoms with Gasteiger partial charge in [-0.2, -0.15) is 0 Å². The van der Waals surface area contributed by atoms with Crippen LogP contribution in [0.15, 0.2) is 0 Å². The van der Waals surface area contributed by atoms with Gasteiger partial charge in [-0.3, -0.25) is 0 Å². The third kappa shape index (κ3) is 15.7. The highest BCUT2D eigenvalue weighted by atomic mass is 28.5. The number of hydrogen-bond donors (Lipinski definition) is 1. The molecule has 0 radical (unpaired) electrons. The molecular weight excluding hydrogens is 401 g/mol. The molecule has 0 aromatic rings. The molecule has 0 aliphatic rings. The van der Waals surface area contributed by atoms with Crippen LogP contribution in [0.1, 0.15) is 13.3 Å². The third-order valence-corrected chi connectivity index (χ3v) is 16.4. The molecule has 1 N–H and O–H groups in total. The highest BCUT2D eigenvalue weighted by Crippen LogP contribution is 2.25. The van der Waals surface area contributed by atoms with Crippen molar-refractivity contribution in [2.75, 3.05) is 26.4 Å². The second-order valence-electron chi connectivity index (χ2n) is 8.66. The van der Waals surface area contributed by atoms with Gasteiger partial charge in [-0.05, 0) is 71.8 Å². The summed E-state index contributed by atoms with van der Waals surface area (Å²) in [6, 6.07) is 0.915. The number of aliphatic hydroxyl groups excluding tert-OH is 1. The Labute approximate surface area is 165 Å². The van der Waals surface area contributed by atoms with Crippen LogP contribution in [0.5, 0.6) is 0 Å². The van der Waals surface area contributed by atoms with Gasteiger partial charge in [0.05, 0.1) is 25.9 Å². The zero-order chi connectivity index (χ0) is 20.4. The minimum atomic E-state index is -2.26. The Morgan fingerprint density at radius 3 is 1.96 bits per heavy atom. The minimum absolute atomic E-state index is 0.353. The molecule has 2 atom stereocenters. The van der Waals surface area contributed by atoms with Crippen LogP contribution in [0.25, 0.3) is 0 Å². The Bertz CT molecular complexity index is 376. The summed E-state index contributed by atoms with van der Waals surface area (Å²) < 4.78 is 30.2. The van der Waals surface area contributed by atoms with Crippen molar-refractivity contribution < 1.29 is 26.9 Å². The molecule has 0 spiro atoms. The lowest BCUT2D eigenvalue weighted by Gasteiger charge is -2.39. The Morgan fingerprint density at radius 2 is 1.46 bits per heavy atom. The van der Waals surface area contributed by atoms with E-state index in [2.05, 4.69) is 52.4 Å². The zero-order valence-electron chi connectivity index (χ0n) is 18.4. The van der Waals surface area contributed by atoms with Gasteiger partial charge in [-0.15, -0.1) is 0 Å². The summed E-state index contributed by atoms with van der Waals surface area (Å²) >= 11 is 0. The molecule has 0 aromatic heterocycles. The molecule has 0 aromatic carbocycles. The fourth-order valence-corrected chi connectivity index (χ4v) is 19.8. The molecule has 0 heterocycles. The number of hydrogen-bond acceptors (Lipinski definition) is 6. The van der Waals surface area contributed by atoms with E-state index in [1.54, 1.807) is 6.92 Å². The van der Waals surface area contributed by atoms with Gasteiger partial charge >= 0.3 is 17.1 Å². The first-order valence-corrected chi connectivity index (χ1v) is 21.2. The van der Waals surface area contributed by atoms with E-state index in [-0.39, 0.29) is 0 Å². The van der Waals surface area contributed by atoms with Crippen LogP contribution in [0.3, 0.4) is 0 Å². The van der Waals surface area contributed by atoms with E-state index in [4.69, 9.17) is 26.9 Å². The van der Waals surface area contributed by atoms with Crippen molar-refractivity contribution in [2.45, 2.75) is 77.9 Å². The maximum Gasteiger partial charge on any atom is 0.315 e. The van der Waals surface area contributed by atoms with E-state index >= 15 is 0 Å². The molecule has 2 unspecified atom stereocenters. The van der Waals surface area contributed by atoms with Crippen molar-refractivity contribution in [1.82, 2.24) is 0 Å². The smallest absolute Gasteiger partial charge is 0.315 e. The van der Waals surface area contributed by atoms with Crippen molar-refractivity contribution in [3.8, 4) is 0 Å². The molecular formula is C16H42O6Si4. The lowest BCUT2D eigenvalue weighted by molar-refractivity contribution is 0.00951. The zero-order valence-corrected chi connectivity index (χ0v) is 22.5. The second-order valence-corrected chi connectivity index (χ2v) is 23.1. The molecule has 0 aliphatic heterocycles. The molecule has 0 saturated carbocycles. The predicted molar refractivity (Wildman–Crippen MR) is 117 cm³/mol. The minimum Gasteiger partial charge on any atom is -0.439 e. The van der Waals surface area contributed by atoms with Crippen LogP contribution in [-0.2, 0) is 21.8 Å². The van der Waals surface area contributed by atoms with E-state index in [0.717, 1.165) is 12.5 Å². The SMILES string of the molecule is CC(O)COCCOCCC[Si](C)(O[SiH](C)C)O[Si](C)(C)O[Si](C)(C)C. The van der Waals surface area contributed by atoms with Crippen molar-refractivity contribution >= 4 is 34.5 Å². The topological polar surface area (TPSA) is 66.4 Å². The predicted octanol–water partition coefficient (Wildman–Crippen LogP) is 3.43. The van der Waals surface area contributed by atoms with Gasteiger partial charge in [-0.25, -0.2) is 0 Å². The van der Waals surface area contributed by atoms with Gasteiger partial charge in [0.25, 0.3) is 0 Å². The van der Waals surface area contributed by atoms with Crippen LogP contribution >= 0.6 is 0 Å². The van der Waals surface area contributed by atoms with E-state index in [9.17, 15) is 0 Å². The maximum atomic E-state index is 9.13. The molecule has 0 aliphatic carbocycles. The third-order valence-electron chi connectivity index (χ3n) is 3.15. The van der Waals surface area contributed by atoms with Crippen LogP contribution in [0.2, 0.25) is 58.4 Å². The first-order valence-electron chi connectivity index (χ1n) is 9.66. The van der Waals surface area contributed by atoms with E-state index < -0.39 is 40.6 Å². The lowest BCUT2D eigenvalue weighted by atomic mass is 10.4. The maximum absolute atomic E-state index is 9.13. The monoisotopic (exact) mass is 442 g/mol. The van der Waals surface area contributed by atoms with Gasteiger partial charge in [0.15, 0.2) is 17.4 Å². The lowest BCUT2D eigenvalue weighted by Crippen LogP contribution is -2.55. The van der Waals surface area contributed by atoms with E-state index in [0.29, 0.717) is 26.4 Å². The Morgan fingerprint density at radius 1 is 0.885 bits per heavy atom. The number of rotatable bonds is 15. The second kappa shape index (κ2) is 12.2. The van der Waals surface area contributed by atoms with Gasteiger partial charge in [0, 0.05) is 6.61 Å². The van der Waals surface area contributed by atoms with Crippen LogP contribution in [0, 0.1) is 0 Å².